The Labute approximate surface area is 166 Å². The van der Waals surface area contributed by atoms with Crippen LogP contribution in [0, 0.1) is 11.7 Å². The average Bonchev–Trinajstić information content (AvgIpc) is 2.74. The summed E-state index contributed by atoms with van der Waals surface area (Å²) in [5.41, 5.74) is 2.65. The van der Waals surface area contributed by atoms with E-state index in [1.807, 2.05) is 0 Å². The van der Waals surface area contributed by atoms with E-state index in [0.717, 1.165) is 32.1 Å². The predicted molar refractivity (Wildman–Crippen MR) is 112 cm³/mol. The molecule has 0 aromatic heterocycles. The molecule has 2 aromatic rings. The zero-order chi connectivity index (χ0) is 19.5. The van der Waals surface area contributed by atoms with Crippen LogP contribution in [0.15, 0.2) is 48.5 Å². The van der Waals surface area contributed by atoms with Crippen molar-refractivity contribution in [2.24, 2.45) is 5.92 Å². The first-order chi connectivity index (χ1) is 13.6. The van der Waals surface area contributed by atoms with E-state index in [-0.39, 0.29) is 11.5 Å². The normalized spacial score (nSPS) is 18.4. The lowest BCUT2D eigenvalue weighted by molar-refractivity contribution is 0.0742. The van der Waals surface area contributed by atoms with Gasteiger partial charge >= 0.3 is 0 Å². The number of rotatable bonds is 3. The van der Waals surface area contributed by atoms with Crippen molar-refractivity contribution in [3.05, 3.63) is 59.9 Å². The number of piperazine rings is 1. The molecule has 4 nitrogen and oxygen atoms in total. The zero-order valence-corrected chi connectivity index (χ0v) is 16.5. The van der Waals surface area contributed by atoms with Crippen LogP contribution in [0.25, 0.3) is 0 Å². The van der Waals surface area contributed by atoms with Crippen molar-refractivity contribution in [1.82, 2.24) is 4.90 Å². The fourth-order valence-corrected chi connectivity index (χ4v) is 4.11. The van der Waals surface area contributed by atoms with Gasteiger partial charge in [0.05, 0.1) is 5.56 Å². The van der Waals surface area contributed by atoms with Crippen LogP contribution in [0.1, 0.15) is 30.1 Å². The maximum atomic E-state index is 13.9. The maximum Gasteiger partial charge on any atom is 0.256 e. The Morgan fingerprint density at radius 1 is 0.821 bits per heavy atom. The van der Waals surface area contributed by atoms with E-state index in [1.54, 1.807) is 23.1 Å². The van der Waals surface area contributed by atoms with Gasteiger partial charge in [0.2, 0.25) is 0 Å². The van der Waals surface area contributed by atoms with Gasteiger partial charge in [-0.3, -0.25) is 4.79 Å². The Morgan fingerprint density at radius 3 is 1.93 bits per heavy atom. The minimum Gasteiger partial charge on any atom is -0.372 e. The Bertz CT molecular complexity index is 807. The van der Waals surface area contributed by atoms with Gasteiger partial charge in [-0.15, -0.1) is 0 Å². The van der Waals surface area contributed by atoms with Crippen LogP contribution in [0.5, 0.6) is 0 Å². The third-order valence-corrected chi connectivity index (χ3v) is 6.03. The van der Waals surface area contributed by atoms with Gasteiger partial charge in [-0.25, -0.2) is 4.39 Å². The van der Waals surface area contributed by atoms with E-state index < -0.39 is 5.82 Å². The second kappa shape index (κ2) is 8.21. The van der Waals surface area contributed by atoms with Crippen LogP contribution >= 0.6 is 0 Å². The summed E-state index contributed by atoms with van der Waals surface area (Å²) in [5.74, 6) is 0.170. The molecule has 0 radical (unpaired) electrons. The molecule has 0 aliphatic carbocycles. The number of halogens is 1. The Hall–Kier alpha value is -2.56. The lowest BCUT2D eigenvalue weighted by atomic mass is 9.99. The summed E-state index contributed by atoms with van der Waals surface area (Å²) >= 11 is 0. The Morgan fingerprint density at radius 2 is 1.36 bits per heavy atom. The lowest BCUT2D eigenvalue weighted by Crippen LogP contribution is -2.49. The first-order valence-electron chi connectivity index (χ1n) is 10.3. The first-order valence-corrected chi connectivity index (χ1v) is 10.3. The number of piperidine rings is 1. The van der Waals surface area contributed by atoms with Crippen molar-refractivity contribution >= 4 is 17.3 Å². The topological polar surface area (TPSA) is 26.8 Å². The van der Waals surface area contributed by atoms with Gasteiger partial charge in [-0.05, 0) is 55.2 Å². The molecule has 0 unspecified atom stereocenters. The Balaban J connectivity index is 1.35. The smallest absolute Gasteiger partial charge is 0.256 e. The molecule has 0 atom stereocenters. The summed E-state index contributed by atoms with van der Waals surface area (Å²) in [6.45, 7) is 7.35. The summed E-state index contributed by atoms with van der Waals surface area (Å²) < 4.78 is 13.9. The highest BCUT2D eigenvalue weighted by atomic mass is 19.1. The minimum atomic E-state index is -0.447. The van der Waals surface area contributed by atoms with Crippen LogP contribution in [0.3, 0.4) is 0 Å². The molecule has 2 aliphatic heterocycles. The van der Waals surface area contributed by atoms with E-state index in [2.05, 4.69) is 41.0 Å². The number of carbonyl (C=O) groups excluding carboxylic acids is 1. The highest BCUT2D eigenvalue weighted by molar-refractivity contribution is 5.94. The van der Waals surface area contributed by atoms with Crippen molar-refractivity contribution in [3.63, 3.8) is 0 Å². The summed E-state index contributed by atoms with van der Waals surface area (Å²) in [4.78, 5) is 19.1. The van der Waals surface area contributed by atoms with Gasteiger partial charge in [-0.1, -0.05) is 19.1 Å². The number of hydrogen-bond acceptors (Lipinski definition) is 3. The molecule has 2 fully saturated rings. The number of anilines is 2. The summed E-state index contributed by atoms with van der Waals surface area (Å²) in [5, 5.41) is 0. The fraction of sp³-hybridized carbons (Fsp3) is 0.435. The number of hydrogen-bond donors (Lipinski definition) is 0. The summed E-state index contributed by atoms with van der Waals surface area (Å²) in [6.07, 6.45) is 2.53. The molecule has 1 amide bonds. The molecule has 4 rings (SSSR count). The summed E-state index contributed by atoms with van der Waals surface area (Å²) in [7, 11) is 0. The van der Waals surface area contributed by atoms with Crippen LogP contribution in [0.4, 0.5) is 15.8 Å². The van der Waals surface area contributed by atoms with Gasteiger partial charge in [0.25, 0.3) is 5.91 Å². The SMILES string of the molecule is CC1CCN(c2ccc(N3CCN(C(=O)c4ccccc4F)CC3)cc2)CC1. The average molecular weight is 381 g/mol. The lowest BCUT2D eigenvalue weighted by Gasteiger charge is -2.36. The van der Waals surface area contributed by atoms with E-state index >= 15 is 0 Å². The second-order valence-electron chi connectivity index (χ2n) is 7.95. The van der Waals surface area contributed by atoms with Crippen molar-refractivity contribution in [3.8, 4) is 0 Å². The molecule has 2 aliphatic rings. The van der Waals surface area contributed by atoms with Crippen molar-refractivity contribution in [1.29, 1.82) is 0 Å². The molecule has 28 heavy (non-hydrogen) atoms. The predicted octanol–water partition coefficient (Wildman–Crippen LogP) is 4.02. The van der Waals surface area contributed by atoms with Crippen LogP contribution in [-0.4, -0.2) is 50.1 Å². The molecule has 2 aromatic carbocycles. The van der Waals surface area contributed by atoms with E-state index in [4.69, 9.17) is 0 Å². The van der Waals surface area contributed by atoms with Gasteiger partial charge in [0, 0.05) is 50.6 Å². The standard InChI is InChI=1S/C23H28FN3O/c1-18-10-12-25(13-11-18)19-6-8-20(9-7-19)26-14-16-27(17-15-26)23(28)21-4-2-3-5-22(21)24/h2-9,18H,10-17H2,1H3. The highest BCUT2D eigenvalue weighted by Crippen LogP contribution is 2.26. The molecule has 0 saturated carbocycles. The van der Waals surface area contributed by atoms with Gasteiger partial charge in [0.15, 0.2) is 0 Å². The summed E-state index contributed by atoms with van der Waals surface area (Å²) in [6, 6.07) is 15.0. The number of carbonyl (C=O) groups is 1. The molecular weight excluding hydrogens is 353 g/mol. The fourth-order valence-electron chi connectivity index (χ4n) is 4.11. The maximum absolute atomic E-state index is 13.9. The van der Waals surface area contributed by atoms with Gasteiger partial charge in [0.1, 0.15) is 5.82 Å². The van der Waals surface area contributed by atoms with Gasteiger partial charge < -0.3 is 14.7 Å². The highest BCUT2D eigenvalue weighted by Gasteiger charge is 2.24. The first kappa shape index (κ1) is 18.8. The quantitative estimate of drug-likeness (QED) is 0.803. The van der Waals surface area contributed by atoms with Crippen LogP contribution in [0.2, 0.25) is 0 Å². The number of benzene rings is 2. The molecule has 0 bridgehead atoms. The zero-order valence-electron chi connectivity index (χ0n) is 16.5. The van der Waals surface area contributed by atoms with E-state index in [0.29, 0.717) is 13.1 Å². The van der Waals surface area contributed by atoms with Crippen LogP contribution in [-0.2, 0) is 0 Å². The van der Waals surface area contributed by atoms with Crippen LogP contribution < -0.4 is 9.80 Å². The largest absolute Gasteiger partial charge is 0.372 e. The molecule has 2 heterocycles. The molecule has 0 spiro atoms. The van der Waals surface area contributed by atoms with Crippen molar-refractivity contribution in [2.45, 2.75) is 19.8 Å². The van der Waals surface area contributed by atoms with Crippen molar-refractivity contribution < 1.29 is 9.18 Å². The van der Waals surface area contributed by atoms with Crippen molar-refractivity contribution in [2.75, 3.05) is 49.1 Å². The number of amides is 1. The molecular formula is C23H28FN3O. The third kappa shape index (κ3) is 3.98. The van der Waals surface area contributed by atoms with Gasteiger partial charge in [-0.2, -0.15) is 0 Å². The molecule has 2 saturated heterocycles. The Kier molecular flexibility index (Phi) is 5.51. The number of nitrogens with zero attached hydrogens (tertiary/aromatic N) is 3. The monoisotopic (exact) mass is 381 g/mol. The van der Waals surface area contributed by atoms with E-state index in [1.165, 1.54) is 30.3 Å². The molecule has 5 heteroatoms. The second-order valence-corrected chi connectivity index (χ2v) is 7.95. The molecule has 0 N–H and O–H groups in total. The third-order valence-electron chi connectivity index (χ3n) is 6.03. The molecule has 148 valence electrons. The van der Waals surface area contributed by atoms with E-state index in [9.17, 15) is 9.18 Å². The minimum absolute atomic E-state index is 0.163.